The second kappa shape index (κ2) is 4.72. The van der Waals surface area contributed by atoms with E-state index in [9.17, 15) is 18.0 Å². The maximum absolute atomic E-state index is 12.0. The smallest absolute Gasteiger partial charge is 0.374 e. The molecule has 1 aliphatic heterocycles. The monoisotopic (exact) mass is 252 g/mol. The van der Waals surface area contributed by atoms with Crippen LogP contribution in [0.4, 0.5) is 18.0 Å². The summed E-state index contributed by atoms with van der Waals surface area (Å²) in [5.41, 5.74) is 0. The first-order valence-corrected chi connectivity index (χ1v) is 5.70. The van der Waals surface area contributed by atoms with Crippen LogP contribution in [0.3, 0.4) is 0 Å². The van der Waals surface area contributed by atoms with Crippen molar-refractivity contribution in [1.29, 1.82) is 0 Å². The summed E-state index contributed by atoms with van der Waals surface area (Å²) >= 11 is 0. The molecule has 17 heavy (non-hydrogen) atoms. The molecule has 7 heteroatoms. The van der Waals surface area contributed by atoms with Crippen LogP contribution < -0.4 is 5.32 Å². The molecule has 1 aliphatic carbocycles. The zero-order valence-corrected chi connectivity index (χ0v) is 9.29. The third-order valence-electron chi connectivity index (χ3n) is 3.18. The summed E-state index contributed by atoms with van der Waals surface area (Å²) in [6, 6.07) is -0.695. The molecule has 1 saturated heterocycles. The fourth-order valence-corrected chi connectivity index (χ4v) is 2.46. The third kappa shape index (κ3) is 3.02. The Morgan fingerprint density at radius 2 is 2.18 bits per heavy atom. The summed E-state index contributed by atoms with van der Waals surface area (Å²) in [4.78, 5) is 13.1. The molecule has 2 fully saturated rings. The molecule has 1 saturated carbocycles. The molecular weight excluding hydrogens is 237 g/mol. The molecule has 1 heterocycles. The van der Waals surface area contributed by atoms with Gasteiger partial charge >= 0.3 is 12.2 Å². The fraction of sp³-hybridized carbons (Fsp3) is 0.900. The fourth-order valence-electron chi connectivity index (χ4n) is 2.46. The molecule has 0 unspecified atom stereocenters. The average molecular weight is 252 g/mol. The standard InChI is InChI=1S/C10H15F3N2O2/c11-10(12,13)6-14-9(16)15-4-5-17-8-3-1-2-7(8)15/h7-8H,1-6H2,(H,14,16)/t7-,8+/m0/s1. The number of rotatable bonds is 1. The number of hydrogen-bond donors (Lipinski definition) is 1. The van der Waals surface area contributed by atoms with Gasteiger partial charge in [0.2, 0.25) is 0 Å². The maximum atomic E-state index is 12.0. The number of nitrogens with zero attached hydrogens (tertiary/aromatic N) is 1. The molecule has 2 atom stereocenters. The first-order chi connectivity index (χ1) is 7.97. The Bertz CT molecular complexity index is 296. The summed E-state index contributed by atoms with van der Waals surface area (Å²) in [7, 11) is 0. The maximum Gasteiger partial charge on any atom is 0.405 e. The van der Waals surface area contributed by atoms with Crippen LogP contribution in [0.5, 0.6) is 0 Å². The minimum atomic E-state index is -4.36. The van der Waals surface area contributed by atoms with Crippen molar-refractivity contribution in [1.82, 2.24) is 10.2 Å². The second-order valence-corrected chi connectivity index (χ2v) is 4.37. The van der Waals surface area contributed by atoms with E-state index in [1.165, 1.54) is 4.90 Å². The van der Waals surface area contributed by atoms with E-state index in [2.05, 4.69) is 0 Å². The van der Waals surface area contributed by atoms with Gasteiger partial charge < -0.3 is 15.0 Å². The third-order valence-corrected chi connectivity index (χ3v) is 3.18. The van der Waals surface area contributed by atoms with E-state index in [0.29, 0.717) is 13.2 Å². The summed E-state index contributed by atoms with van der Waals surface area (Å²) in [5, 5.41) is 1.91. The molecular formula is C10H15F3N2O2. The number of ether oxygens (including phenoxy) is 1. The Hall–Kier alpha value is -0.980. The Morgan fingerprint density at radius 1 is 1.41 bits per heavy atom. The zero-order valence-electron chi connectivity index (χ0n) is 9.29. The van der Waals surface area contributed by atoms with Crippen LogP contribution in [0.25, 0.3) is 0 Å². The number of alkyl halides is 3. The molecule has 0 aromatic rings. The van der Waals surface area contributed by atoms with Crippen LogP contribution >= 0.6 is 0 Å². The number of urea groups is 1. The number of amides is 2. The van der Waals surface area contributed by atoms with Gasteiger partial charge in [0.15, 0.2) is 0 Å². The highest BCUT2D eigenvalue weighted by atomic mass is 19.4. The molecule has 4 nitrogen and oxygen atoms in total. The van der Waals surface area contributed by atoms with Gasteiger partial charge in [0.25, 0.3) is 0 Å². The minimum absolute atomic E-state index is 0.000358. The predicted octanol–water partition coefficient (Wildman–Crippen LogP) is 1.51. The highest BCUT2D eigenvalue weighted by Gasteiger charge is 2.39. The number of fused-ring (bicyclic) bond motifs is 1. The topological polar surface area (TPSA) is 41.6 Å². The lowest BCUT2D eigenvalue weighted by molar-refractivity contribution is -0.123. The Labute approximate surface area is 97.1 Å². The van der Waals surface area contributed by atoms with E-state index < -0.39 is 18.8 Å². The summed E-state index contributed by atoms with van der Waals surface area (Å²) in [6.07, 6.45) is -1.71. The van der Waals surface area contributed by atoms with Crippen LogP contribution in [0, 0.1) is 0 Å². The summed E-state index contributed by atoms with van der Waals surface area (Å²) < 4.78 is 41.5. The zero-order chi connectivity index (χ0) is 12.5. The van der Waals surface area contributed by atoms with Crippen molar-refractivity contribution in [2.75, 3.05) is 19.7 Å². The van der Waals surface area contributed by atoms with E-state index in [0.717, 1.165) is 19.3 Å². The lowest BCUT2D eigenvalue weighted by Crippen LogP contribution is -2.55. The van der Waals surface area contributed by atoms with Gasteiger partial charge in [-0.25, -0.2) is 4.79 Å². The Kier molecular flexibility index (Phi) is 3.46. The van der Waals surface area contributed by atoms with Crippen LogP contribution in [-0.2, 0) is 4.74 Å². The largest absolute Gasteiger partial charge is 0.405 e. The van der Waals surface area contributed by atoms with E-state index >= 15 is 0 Å². The first kappa shape index (κ1) is 12.5. The van der Waals surface area contributed by atoms with Gasteiger partial charge in [-0.1, -0.05) is 0 Å². The molecule has 0 aromatic carbocycles. The van der Waals surface area contributed by atoms with Gasteiger partial charge in [0.1, 0.15) is 6.54 Å². The van der Waals surface area contributed by atoms with Crippen LogP contribution in [0.15, 0.2) is 0 Å². The molecule has 0 radical (unpaired) electrons. The van der Waals surface area contributed by atoms with Crippen molar-refractivity contribution in [3.05, 3.63) is 0 Å². The highest BCUT2D eigenvalue weighted by molar-refractivity contribution is 5.74. The van der Waals surface area contributed by atoms with Crippen molar-refractivity contribution in [3.8, 4) is 0 Å². The summed E-state index contributed by atoms with van der Waals surface area (Å²) in [6.45, 7) is -0.508. The highest BCUT2D eigenvalue weighted by Crippen LogP contribution is 2.29. The lowest BCUT2D eigenvalue weighted by atomic mass is 10.1. The van der Waals surface area contributed by atoms with Crippen molar-refractivity contribution >= 4 is 6.03 Å². The lowest BCUT2D eigenvalue weighted by Gasteiger charge is -2.37. The van der Waals surface area contributed by atoms with Gasteiger partial charge in [-0.15, -0.1) is 0 Å². The van der Waals surface area contributed by atoms with Crippen LogP contribution in [0.2, 0.25) is 0 Å². The number of morpholine rings is 1. The van der Waals surface area contributed by atoms with E-state index in [1.54, 1.807) is 0 Å². The van der Waals surface area contributed by atoms with Crippen molar-refractivity contribution < 1.29 is 22.7 Å². The van der Waals surface area contributed by atoms with Gasteiger partial charge in [-0.3, -0.25) is 0 Å². The molecule has 0 spiro atoms. The quantitative estimate of drug-likeness (QED) is 0.768. The Balaban J connectivity index is 1.90. The average Bonchev–Trinajstić information content (AvgIpc) is 2.72. The normalized spacial score (nSPS) is 29.0. The van der Waals surface area contributed by atoms with Crippen LogP contribution in [-0.4, -0.2) is 48.9 Å². The number of carbonyl (C=O) groups is 1. The molecule has 2 amide bonds. The second-order valence-electron chi connectivity index (χ2n) is 4.37. The van der Waals surface area contributed by atoms with Crippen molar-refractivity contribution in [3.63, 3.8) is 0 Å². The SMILES string of the molecule is O=C(NCC(F)(F)F)N1CCO[C@@H]2CCC[C@@H]21. The van der Waals surface area contributed by atoms with Gasteiger partial charge in [0.05, 0.1) is 18.8 Å². The van der Waals surface area contributed by atoms with Gasteiger partial charge in [0, 0.05) is 6.54 Å². The number of hydrogen-bond acceptors (Lipinski definition) is 2. The Morgan fingerprint density at radius 3 is 2.88 bits per heavy atom. The first-order valence-electron chi connectivity index (χ1n) is 5.70. The molecule has 0 bridgehead atoms. The predicted molar refractivity (Wildman–Crippen MR) is 53.5 cm³/mol. The number of carbonyl (C=O) groups excluding carboxylic acids is 1. The van der Waals surface area contributed by atoms with E-state index in [1.807, 2.05) is 5.32 Å². The van der Waals surface area contributed by atoms with E-state index in [4.69, 9.17) is 4.74 Å². The molecule has 2 aliphatic rings. The van der Waals surface area contributed by atoms with Gasteiger partial charge in [-0.05, 0) is 19.3 Å². The number of nitrogens with one attached hydrogen (secondary N) is 1. The van der Waals surface area contributed by atoms with Crippen LogP contribution in [0.1, 0.15) is 19.3 Å². The van der Waals surface area contributed by atoms with Crippen molar-refractivity contribution in [2.24, 2.45) is 0 Å². The summed E-state index contributed by atoms with van der Waals surface area (Å²) in [5.74, 6) is 0. The molecule has 1 N–H and O–H groups in total. The molecule has 98 valence electrons. The van der Waals surface area contributed by atoms with E-state index in [-0.39, 0.29) is 12.1 Å². The molecule has 2 rings (SSSR count). The van der Waals surface area contributed by atoms with Gasteiger partial charge in [-0.2, -0.15) is 13.2 Å². The van der Waals surface area contributed by atoms with Crippen molar-refractivity contribution in [2.45, 2.75) is 37.6 Å². The minimum Gasteiger partial charge on any atom is -0.374 e. The number of halogens is 3. The molecule has 0 aromatic heterocycles.